The first-order valence-electron chi connectivity index (χ1n) is 7.09. The topological polar surface area (TPSA) is 29.9 Å². The molecule has 2 aromatic rings. The monoisotopic (exact) mass is 255 g/mol. The highest BCUT2D eigenvalue weighted by atomic mass is 15.0. The molecular weight excluding hydrogens is 234 g/mol. The van der Waals surface area contributed by atoms with Gasteiger partial charge in [-0.05, 0) is 38.4 Å². The van der Waals surface area contributed by atoms with Crippen LogP contribution in [0.5, 0.6) is 0 Å². The smallest absolute Gasteiger partial charge is 0.0951 e. The zero-order valence-electron chi connectivity index (χ0n) is 11.5. The summed E-state index contributed by atoms with van der Waals surface area (Å²) >= 11 is 0. The Kier molecular flexibility index (Phi) is 3.65. The second-order valence-corrected chi connectivity index (χ2v) is 5.46. The van der Waals surface area contributed by atoms with Crippen molar-refractivity contribution >= 4 is 0 Å². The van der Waals surface area contributed by atoms with E-state index in [9.17, 15) is 0 Å². The number of nitrogens with zero attached hydrogens (tertiary/aromatic N) is 2. The van der Waals surface area contributed by atoms with Gasteiger partial charge in [0.05, 0.1) is 6.33 Å². The Labute approximate surface area is 114 Å². The molecule has 3 heteroatoms. The molecule has 1 aliphatic heterocycles. The van der Waals surface area contributed by atoms with Crippen LogP contribution in [0.25, 0.3) is 0 Å². The third-order valence-corrected chi connectivity index (χ3v) is 3.98. The fourth-order valence-corrected chi connectivity index (χ4v) is 2.81. The first-order chi connectivity index (χ1) is 9.33. The summed E-state index contributed by atoms with van der Waals surface area (Å²) in [7, 11) is 0. The van der Waals surface area contributed by atoms with Crippen molar-refractivity contribution in [1.29, 1.82) is 0 Å². The number of hydrogen-bond donors (Lipinski definition) is 1. The predicted octanol–water partition coefficient (Wildman–Crippen LogP) is 2.71. The Morgan fingerprint density at radius 2 is 1.95 bits per heavy atom. The molecule has 1 aliphatic rings. The van der Waals surface area contributed by atoms with Gasteiger partial charge in [-0.15, -0.1) is 0 Å². The third kappa shape index (κ3) is 2.87. The molecule has 1 saturated heterocycles. The number of piperidine rings is 1. The Balaban J connectivity index is 1.77. The molecule has 1 fully saturated rings. The van der Waals surface area contributed by atoms with Gasteiger partial charge in [0.25, 0.3) is 0 Å². The van der Waals surface area contributed by atoms with Crippen molar-refractivity contribution in [2.75, 3.05) is 13.1 Å². The highest BCUT2D eigenvalue weighted by Gasteiger charge is 2.18. The van der Waals surface area contributed by atoms with E-state index < -0.39 is 0 Å². The van der Waals surface area contributed by atoms with Crippen LogP contribution in [0, 0.1) is 6.92 Å². The third-order valence-electron chi connectivity index (χ3n) is 3.98. The quantitative estimate of drug-likeness (QED) is 0.914. The van der Waals surface area contributed by atoms with Gasteiger partial charge in [-0.3, -0.25) is 0 Å². The lowest BCUT2D eigenvalue weighted by molar-refractivity contribution is 0.442. The average Bonchev–Trinajstić information content (AvgIpc) is 2.90. The van der Waals surface area contributed by atoms with Gasteiger partial charge >= 0.3 is 0 Å². The molecule has 0 spiro atoms. The summed E-state index contributed by atoms with van der Waals surface area (Å²) in [6, 6.07) is 8.77. The van der Waals surface area contributed by atoms with E-state index in [0.29, 0.717) is 5.92 Å². The predicted molar refractivity (Wildman–Crippen MR) is 77.4 cm³/mol. The van der Waals surface area contributed by atoms with Gasteiger partial charge in [0.15, 0.2) is 0 Å². The lowest BCUT2D eigenvalue weighted by Gasteiger charge is -2.23. The van der Waals surface area contributed by atoms with Crippen molar-refractivity contribution in [1.82, 2.24) is 14.9 Å². The van der Waals surface area contributed by atoms with Crippen LogP contribution in [-0.4, -0.2) is 22.6 Å². The number of benzene rings is 1. The largest absolute Gasteiger partial charge is 0.330 e. The summed E-state index contributed by atoms with van der Waals surface area (Å²) in [5, 5.41) is 3.42. The lowest BCUT2D eigenvalue weighted by atomic mass is 9.95. The molecule has 0 atom stereocenters. The standard InChI is InChI=1S/C16H21N3/c1-13-2-4-14(5-3-13)11-19-12-18-10-16(19)15-6-8-17-9-7-15/h2-5,10,12,15,17H,6-9,11H2,1H3. The SMILES string of the molecule is Cc1ccc(Cn2cncc2C2CCNCC2)cc1. The second kappa shape index (κ2) is 5.57. The Hall–Kier alpha value is -1.61. The molecular formula is C16H21N3. The minimum Gasteiger partial charge on any atom is -0.330 e. The zero-order valence-corrected chi connectivity index (χ0v) is 11.5. The molecule has 0 aliphatic carbocycles. The summed E-state index contributed by atoms with van der Waals surface area (Å²) in [6.07, 6.45) is 6.46. The van der Waals surface area contributed by atoms with Crippen molar-refractivity contribution in [3.63, 3.8) is 0 Å². The number of aromatic nitrogens is 2. The van der Waals surface area contributed by atoms with E-state index in [2.05, 4.69) is 46.1 Å². The van der Waals surface area contributed by atoms with E-state index in [4.69, 9.17) is 0 Å². The average molecular weight is 255 g/mol. The summed E-state index contributed by atoms with van der Waals surface area (Å²) in [4.78, 5) is 4.35. The number of hydrogen-bond acceptors (Lipinski definition) is 2. The Morgan fingerprint density at radius 1 is 1.21 bits per heavy atom. The Morgan fingerprint density at radius 3 is 2.68 bits per heavy atom. The van der Waals surface area contributed by atoms with E-state index in [1.54, 1.807) is 0 Å². The summed E-state index contributed by atoms with van der Waals surface area (Å²) in [6.45, 7) is 5.31. The molecule has 0 saturated carbocycles. The van der Waals surface area contributed by atoms with Crippen molar-refractivity contribution in [2.24, 2.45) is 0 Å². The molecule has 1 aromatic carbocycles. The number of aryl methyl sites for hydroxylation is 1. The van der Waals surface area contributed by atoms with E-state index in [0.717, 1.165) is 19.6 Å². The summed E-state index contributed by atoms with van der Waals surface area (Å²) in [5.41, 5.74) is 4.05. The van der Waals surface area contributed by atoms with E-state index in [1.807, 2.05) is 12.5 Å². The van der Waals surface area contributed by atoms with E-state index in [-0.39, 0.29) is 0 Å². The maximum Gasteiger partial charge on any atom is 0.0951 e. The molecule has 1 N–H and O–H groups in total. The molecule has 19 heavy (non-hydrogen) atoms. The van der Waals surface area contributed by atoms with Gasteiger partial charge in [0.2, 0.25) is 0 Å². The molecule has 3 nitrogen and oxygen atoms in total. The van der Waals surface area contributed by atoms with E-state index in [1.165, 1.54) is 29.7 Å². The minimum atomic E-state index is 0.661. The van der Waals surface area contributed by atoms with Crippen LogP contribution in [0.2, 0.25) is 0 Å². The fraction of sp³-hybridized carbons (Fsp3) is 0.438. The van der Waals surface area contributed by atoms with Gasteiger partial charge in [0.1, 0.15) is 0 Å². The molecule has 100 valence electrons. The van der Waals surface area contributed by atoms with Crippen molar-refractivity contribution in [2.45, 2.75) is 32.2 Å². The van der Waals surface area contributed by atoms with Crippen LogP contribution < -0.4 is 5.32 Å². The van der Waals surface area contributed by atoms with Crippen LogP contribution in [0.1, 0.15) is 35.6 Å². The molecule has 0 amide bonds. The fourth-order valence-electron chi connectivity index (χ4n) is 2.81. The maximum absolute atomic E-state index is 4.35. The minimum absolute atomic E-state index is 0.661. The molecule has 1 aromatic heterocycles. The van der Waals surface area contributed by atoms with Gasteiger partial charge in [0, 0.05) is 24.4 Å². The number of imidazole rings is 1. The van der Waals surface area contributed by atoms with Crippen molar-refractivity contribution in [3.8, 4) is 0 Å². The van der Waals surface area contributed by atoms with Crippen molar-refractivity contribution < 1.29 is 0 Å². The van der Waals surface area contributed by atoms with E-state index >= 15 is 0 Å². The van der Waals surface area contributed by atoms with Gasteiger partial charge in [-0.1, -0.05) is 29.8 Å². The van der Waals surface area contributed by atoms with Crippen LogP contribution in [0.15, 0.2) is 36.8 Å². The second-order valence-electron chi connectivity index (χ2n) is 5.46. The van der Waals surface area contributed by atoms with Crippen LogP contribution in [0.3, 0.4) is 0 Å². The van der Waals surface area contributed by atoms with Crippen molar-refractivity contribution in [3.05, 3.63) is 53.6 Å². The lowest BCUT2D eigenvalue weighted by Crippen LogP contribution is -2.27. The van der Waals surface area contributed by atoms with Crippen LogP contribution >= 0.6 is 0 Å². The normalized spacial score (nSPS) is 16.7. The highest BCUT2D eigenvalue weighted by molar-refractivity contribution is 5.22. The van der Waals surface area contributed by atoms with Gasteiger partial charge in [-0.25, -0.2) is 4.98 Å². The van der Waals surface area contributed by atoms with Crippen LogP contribution in [0.4, 0.5) is 0 Å². The zero-order chi connectivity index (χ0) is 13.1. The molecule has 0 radical (unpaired) electrons. The summed E-state index contributed by atoms with van der Waals surface area (Å²) in [5.74, 6) is 0.661. The first kappa shape index (κ1) is 12.4. The van der Waals surface area contributed by atoms with Crippen LogP contribution in [-0.2, 0) is 6.54 Å². The Bertz CT molecular complexity index is 521. The maximum atomic E-state index is 4.35. The number of rotatable bonds is 3. The summed E-state index contributed by atoms with van der Waals surface area (Å²) < 4.78 is 2.31. The molecule has 0 bridgehead atoms. The highest BCUT2D eigenvalue weighted by Crippen LogP contribution is 2.25. The van der Waals surface area contributed by atoms with Gasteiger partial charge < -0.3 is 9.88 Å². The first-order valence-corrected chi connectivity index (χ1v) is 7.09. The number of nitrogens with one attached hydrogen (secondary N) is 1. The molecule has 3 rings (SSSR count). The molecule has 2 heterocycles. The molecule has 0 unspecified atom stereocenters. The van der Waals surface area contributed by atoms with Gasteiger partial charge in [-0.2, -0.15) is 0 Å².